The summed E-state index contributed by atoms with van der Waals surface area (Å²) >= 11 is 0. The molecule has 1 N–H and O–H groups in total. The lowest BCUT2D eigenvalue weighted by Crippen LogP contribution is -2.51. The summed E-state index contributed by atoms with van der Waals surface area (Å²) < 4.78 is 27.2. The Kier molecular flexibility index (Phi) is 5.38. The number of sulfonamides is 1. The molecule has 3 rings (SSSR count). The Labute approximate surface area is 145 Å². The molecular formula is C14H17ClN4O4S. The van der Waals surface area contributed by atoms with Crippen LogP contribution in [0.4, 0.5) is 5.69 Å². The van der Waals surface area contributed by atoms with Gasteiger partial charge in [0, 0.05) is 37.9 Å². The van der Waals surface area contributed by atoms with E-state index in [0.29, 0.717) is 19.6 Å². The van der Waals surface area contributed by atoms with Crippen molar-refractivity contribution in [3.63, 3.8) is 0 Å². The van der Waals surface area contributed by atoms with Gasteiger partial charge in [-0.05, 0) is 25.1 Å². The summed E-state index contributed by atoms with van der Waals surface area (Å²) in [6.45, 7) is 3.19. The van der Waals surface area contributed by atoms with Crippen LogP contribution in [-0.4, -0.2) is 48.3 Å². The summed E-state index contributed by atoms with van der Waals surface area (Å²) in [5, 5.41) is 14.5. The Morgan fingerprint density at radius 1 is 1.38 bits per heavy atom. The van der Waals surface area contributed by atoms with Gasteiger partial charge in [-0.3, -0.25) is 15.1 Å². The fourth-order valence-corrected chi connectivity index (χ4v) is 4.43. The van der Waals surface area contributed by atoms with Crippen LogP contribution in [0.15, 0.2) is 35.4 Å². The van der Waals surface area contributed by atoms with Crippen LogP contribution < -0.4 is 5.32 Å². The fraction of sp³-hybridized carbons (Fsp3) is 0.357. The van der Waals surface area contributed by atoms with E-state index in [1.165, 1.54) is 28.7 Å². The van der Waals surface area contributed by atoms with Crippen molar-refractivity contribution in [2.45, 2.75) is 17.9 Å². The molecule has 1 aliphatic heterocycles. The number of halogens is 1. The monoisotopic (exact) mass is 372 g/mol. The van der Waals surface area contributed by atoms with Crippen LogP contribution in [0.25, 0.3) is 10.9 Å². The minimum Gasteiger partial charge on any atom is -0.312 e. The van der Waals surface area contributed by atoms with Crippen molar-refractivity contribution in [2.75, 3.05) is 19.6 Å². The molecule has 2 heterocycles. The van der Waals surface area contributed by atoms with E-state index >= 15 is 0 Å². The lowest BCUT2D eigenvalue weighted by atomic mass is 10.2. The molecule has 0 radical (unpaired) electrons. The predicted molar refractivity (Wildman–Crippen MR) is 91.9 cm³/mol. The maximum Gasteiger partial charge on any atom is 0.278 e. The number of nitro benzene ring substituents is 1. The molecule has 130 valence electrons. The van der Waals surface area contributed by atoms with Gasteiger partial charge in [-0.1, -0.05) is 0 Å². The number of benzene rings is 1. The van der Waals surface area contributed by atoms with Gasteiger partial charge in [-0.2, -0.15) is 4.31 Å². The van der Waals surface area contributed by atoms with Gasteiger partial charge in [0.15, 0.2) is 0 Å². The topological polar surface area (TPSA) is 105 Å². The summed E-state index contributed by atoms with van der Waals surface area (Å²) in [6, 6.07) is 5.62. The van der Waals surface area contributed by atoms with Crippen molar-refractivity contribution >= 4 is 39.0 Å². The van der Waals surface area contributed by atoms with Gasteiger partial charge in [0.2, 0.25) is 10.0 Å². The minimum absolute atomic E-state index is 0. The molecule has 2 aromatic rings. The predicted octanol–water partition coefficient (Wildman–Crippen LogP) is 1.55. The van der Waals surface area contributed by atoms with Crippen molar-refractivity contribution in [3.05, 3.63) is 40.6 Å². The van der Waals surface area contributed by atoms with Crippen molar-refractivity contribution in [3.8, 4) is 0 Å². The molecule has 0 bridgehead atoms. The standard InChI is InChI=1S/C14H16N4O4S.ClH/c1-10-9-17(8-7-15-10)23(21,22)13-5-4-12(18(19)20)11-3-2-6-16-14(11)13;/h2-6,10,15H,7-9H2,1H3;1H. The van der Waals surface area contributed by atoms with Gasteiger partial charge in [0.1, 0.15) is 4.90 Å². The molecule has 24 heavy (non-hydrogen) atoms. The third-order valence-corrected chi connectivity index (χ3v) is 5.75. The molecule has 0 amide bonds. The first-order chi connectivity index (χ1) is 10.9. The van der Waals surface area contributed by atoms with Gasteiger partial charge in [0.25, 0.3) is 5.69 Å². The SMILES string of the molecule is CC1CN(S(=O)(=O)c2ccc([N+](=O)[O-])c3cccnc23)CCN1.Cl. The molecule has 0 aliphatic carbocycles. The van der Waals surface area contributed by atoms with Crippen LogP contribution in [0.2, 0.25) is 0 Å². The molecule has 1 saturated heterocycles. The van der Waals surface area contributed by atoms with E-state index in [0.717, 1.165) is 0 Å². The highest BCUT2D eigenvalue weighted by Crippen LogP contribution is 2.31. The average Bonchev–Trinajstić information content (AvgIpc) is 2.53. The van der Waals surface area contributed by atoms with Gasteiger partial charge in [-0.15, -0.1) is 12.4 Å². The van der Waals surface area contributed by atoms with Crippen molar-refractivity contribution in [1.82, 2.24) is 14.6 Å². The molecule has 10 heteroatoms. The molecule has 1 fully saturated rings. The van der Waals surface area contributed by atoms with Gasteiger partial charge >= 0.3 is 0 Å². The van der Waals surface area contributed by atoms with E-state index in [-0.39, 0.29) is 39.9 Å². The normalized spacial score (nSPS) is 19.0. The van der Waals surface area contributed by atoms with Crippen molar-refractivity contribution in [2.24, 2.45) is 0 Å². The second kappa shape index (κ2) is 6.98. The number of aromatic nitrogens is 1. The zero-order valence-corrected chi connectivity index (χ0v) is 14.5. The number of fused-ring (bicyclic) bond motifs is 1. The molecule has 0 saturated carbocycles. The number of pyridine rings is 1. The quantitative estimate of drug-likeness (QED) is 0.647. The van der Waals surface area contributed by atoms with E-state index in [1.54, 1.807) is 6.07 Å². The van der Waals surface area contributed by atoms with E-state index in [9.17, 15) is 18.5 Å². The molecule has 1 aromatic heterocycles. The number of hydrogen-bond donors (Lipinski definition) is 1. The second-order valence-corrected chi connectivity index (χ2v) is 7.36. The zero-order valence-electron chi connectivity index (χ0n) is 12.9. The number of nitrogens with one attached hydrogen (secondary N) is 1. The molecule has 1 unspecified atom stereocenters. The number of hydrogen-bond acceptors (Lipinski definition) is 6. The first-order valence-corrected chi connectivity index (χ1v) is 8.61. The maximum atomic E-state index is 12.9. The summed E-state index contributed by atoms with van der Waals surface area (Å²) in [6.07, 6.45) is 1.44. The highest BCUT2D eigenvalue weighted by Gasteiger charge is 2.31. The molecule has 1 aromatic carbocycles. The van der Waals surface area contributed by atoms with E-state index in [4.69, 9.17) is 0 Å². The second-order valence-electron chi connectivity index (χ2n) is 5.46. The van der Waals surface area contributed by atoms with Crippen LogP contribution in [0.1, 0.15) is 6.92 Å². The van der Waals surface area contributed by atoms with Gasteiger partial charge in [0.05, 0.1) is 15.8 Å². The van der Waals surface area contributed by atoms with Crippen LogP contribution >= 0.6 is 12.4 Å². The smallest absolute Gasteiger partial charge is 0.278 e. The molecule has 1 atom stereocenters. The first-order valence-electron chi connectivity index (χ1n) is 7.17. The third-order valence-electron chi connectivity index (χ3n) is 3.86. The summed E-state index contributed by atoms with van der Waals surface area (Å²) in [5.41, 5.74) is -0.0198. The summed E-state index contributed by atoms with van der Waals surface area (Å²) in [7, 11) is -3.76. The van der Waals surface area contributed by atoms with Crippen LogP contribution in [0.3, 0.4) is 0 Å². The Balaban J connectivity index is 0.00000208. The Hall–Kier alpha value is -1.81. The first kappa shape index (κ1) is 18.5. The average molecular weight is 373 g/mol. The van der Waals surface area contributed by atoms with Gasteiger partial charge < -0.3 is 5.32 Å². The van der Waals surface area contributed by atoms with Crippen LogP contribution in [0.5, 0.6) is 0 Å². The van der Waals surface area contributed by atoms with E-state index < -0.39 is 14.9 Å². The highest BCUT2D eigenvalue weighted by atomic mass is 35.5. The highest BCUT2D eigenvalue weighted by molar-refractivity contribution is 7.89. The van der Waals surface area contributed by atoms with Crippen LogP contribution in [0, 0.1) is 10.1 Å². The molecule has 1 aliphatic rings. The zero-order chi connectivity index (χ0) is 16.6. The summed E-state index contributed by atoms with van der Waals surface area (Å²) in [4.78, 5) is 14.7. The molecule has 0 spiro atoms. The number of non-ortho nitro benzene ring substituents is 1. The number of piperazine rings is 1. The number of nitrogens with zero attached hydrogens (tertiary/aromatic N) is 3. The third kappa shape index (κ3) is 3.20. The van der Waals surface area contributed by atoms with Crippen LogP contribution in [-0.2, 0) is 10.0 Å². The van der Waals surface area contributed by atoms with E-state index in [1.807, 2.05) is 6.92 Å². The maximum absolute atomic E-state index is 12.9. The van der Waals surface area contributed by atoms with E-state index in [2.05, 4.69) is 10.3 Å². The lowest BCUT2D eigenvalue weighted by Gasteiger charge is -2.31. The fourth-order valence-electron chi connectivity index (χ4n) is 2.75. The molecular weight excluding hydrogens is 356 g/mol. The minimum atomic E-state index is -3.76. The molecule has 8 nitrogen and oxygen atoms in total. The Morgan fingerprint density at radius 3 is 2.79 bits per heavy atom. The Morgan fingerprint density at radius 2 is 2.12 bits per heavy atom. The Bertz CT molecular complexity index is 874. The van der Waals surface area contributed by atoms with Gasteiger partial charge in [-0.25, -0.2) is 8.42 Å². The van der Waals surface area contributed by atoms with Crippen molar-refractivity contribution in [1.29, 1.82) is 0 Å². The lowest BCUT2D eigenvalue weighted by molar-refractivity contribution is -0.383. The number of nitro groups is 1. The summed E-state index contributed by atoms with van der Waals surface area (Å²) in [5.74, 6) is 0. The number of rotatable bonds is 3. The van der Waals surface area contributed by atoms with Crippen molar-refractivity contribution < 1.29 is 13.3 Å². The largest absolute Gasteiger partial charge is 0.312 e.